The summed E-state index contributed by atoms with van der Waals surface area (Å²) in [5, 5.41) is 9.54. The van der Waals surface area contributed by atoms with Gasteiger partial charge >= 0.3 is 0 Å². The van der Waals surface area contributed by atoms with Crippen LogP contribution < -0.4 is 0 Å². The number of nitrogens with zero attached hydrogens (tertiary/aromatic N) is 2. The summed E-state index contributed by atoms with van der Waals surface area (Å²) in [7, 11) is 0. The second-order valence-corrected chi connectivity index (χ2v) is 6.83. The van der Waals surface area contributed by atoms with Crippen LogP contribution in [0.4, 0.5) is 4.39 Å². The molecule has 0 spiro atoms. The molecule has 27 heavy (non-hydrogen) atoms. The number of ketones is 1. The quantitative estimate of drug-likeness (QED) is 0.544. The summed E-state index contributed by atoms with van der Waals surface area (Å²) in [5.41, 5.74) is 3.60. The summed E-state index contributed by atoms with van der Waals surface area (Å²) in [6.07, 6.45) is 3.05. The molecule has 1 aliphatic rings. The fourth-order valence-corrected chi connectivity index (χ4v) is 3.49. The molecule has 0 aliphatic carbocycles. The van der Waals surface area contributed by atoms with Gasteiger partial charge in [0.15, 0.2) is 5.78 Å². The molecule has 1 fully saturated rings. The first-order chi connectivity index (χ1) is 13.2. The number of likely N-dealkylation sites (tertiary alicyclic amines) is 1. The zero-order valence-corrected chi connectivity index (χ0v) is 15.3. The first kappa shape index (κ1) is 19.0. The van der Waals surface area contributed by atoms with Gasteiger partial charge in [0.25, 0.3) is 0 Å². The Labute approximate surface area is 159 Å². The molecule has 0 unspecified atom stereocenters. The number of carbonyl (C=O) groups excluding carboxylic acids is 1. The SMILES string of the molecule is N#CC(=C1CCN(CCCC(=O)c2ccc(F)cc2)CC1)c1ccccc1. The van der Waals surface area contributed by atoms with Crippen molar-refractivity contribution in [2.45, 2.75) is 25.7 Å². The number of halogens is 1. The molecule has 0 aromatic heterocycles. The monoisotopic (exact) mass is 362 g/mol. The Morgan fingerprint density at radius 2 is 1.67 bits per heavy atom. The van der Waals surface area contributed by atoms with Crippen LogP contribution in [0.2, 0.25) is 0 Å². The fraction of sp³-hybridized carbons (Fsp3) is 0.304. The average Bonchev–Trinajstić information content (AvgIpc) is 2.71. The molecule has 1 heterocycles. The first-order valence-electron chi connectivity index (χ1n) is 9.36. The van der Waals surface area contributed by atoms with E-state index in [1.54, 1.807) is 12.1 Å². The van der Waals surface area contributed by atoms with Crippen LogP contribution >= 0.6 is 0 Å². The summed E-state index contributed by atoms with van der Waals surface area (Å²) in [4.78, 5) is 14.5. The minimum atomic E-state index is -0.323. The maximum Gasteiger partial charge on any atom is 0.162 e. The summed E-state index contributed by atoms with van der Waals surface area (Å²) >= 11 is 0. The molecule has 3 rings (SSSR count). The molecule has 138 valence electrons. The molecule has 0 atom stereocenters. The number of allylic oxidation sites excluding steroid dienone is 1. The van der Waals surface area contributed by atoms with Crippen molar-refractivity contribution in [2.75, 3.05) is 19.6 Å². The topological polar surface area (TPSA) is 44.1 Å². The van der Waals surface area contributed by atoms with E-state index in [9.17, 15) is 14.4 Å². The zero-order valence-electron chi connectivity index (χ0n) is 15.3. The highest BCUT2D eigenvalue weighted by Gasteiger charge is 2.18. The predicted molar refractivity (Wildman–Crippen MR) is 105 cm³/mol. The number of hydrogen-bond acceptors (Lipinski definition) is 3. The second kappa shape index (κ2) is 9.25. The number of hydrogen-bond donors (Lipinski definition) is 0. The van der Waals surface area contributed by atoms with Crippen LogP contribution in [-0.4, -0.2) is 30.3 Å². The van der Waals surface area contributed by atoms with Crippen LogP contribution in [0.25, 0.3) is 5.57 Å². The van der Waals surface area contributed by atoms with Crippen LogP contribution in [0.5, 0.6) is 0 Å². The molecule has 0 amide bonds. The Morgan fingerprint density at radius 1 is 1.00 bits per heavy atom. The van der Waals surface area contributed by atoms with Crippen molar-refractivity contribution in [3.8, 4) is 6.07 Å². The third-order valence-electron chi connectivity index (χ3n) is 5.03. The van der Waals surface area contributed by atoms with Gasteiger partial charge in [0.1, 0.15) is 5.82 Å². The molecule has 0 bridgehead atoms. The molecule has 0 saturated carbocycles. The number of piperidine rings is 1. The lowest BCUT2D eigenvalue weighted by Crippen LogP contribution is -2.32. The van der Waals surface area contributed by atoms with E-state index in [1.165, 1.54) is 17.7 Å². The Hall–Kier alpha value is -2.77. The van der Waals surface area contributed by atoms with Crippen LogP contribution in [0.3, 0.4) is 0 Å². The summed E-state index contributed by atoms with van der Waals surface area (Å²) in [5.74, 6) is -0.264. The molecule has 2 aromatic carbocycles. The lowest BCUT2D eigenvalue weighted by atomic mass is 9.94. The lowest BCUT2D eigenvalue weighted by molar-refractivity contribution is 0.0974. The molecule has 1 saturated heterocycles. The van der Waals surface area contributed by atoms with Gasteiger partial charge in [-0.25, -0.2) is 4.39 Å². The van der Waals surface area contributed by atoms with Gasteiger partial charge in [-0.1, -0.05) is 30.3 Å². The van der Waals surface area contributed by atoms with E-state index in [0.717, 1.165) is 50.0 Å². The highest BCUT2D eigenvalue weighted by atomic mass is 19.1. The van der Waals surface area contributed by atoms with Gasteiger partial charge in [-0.15, -0.1) is 0 Å². The van der Waals surface area contributed by atoms with Crippen LogP contribution in [0.1, 0.15) is 41.6 Å². The smallest absolute Gasteiger partial charge is 0.162 e. The number of rotatable bonds is 6. The van der Waals surface area contributed by atoms with E-state index >= 15 is 0 Å². The maximum absolute atomic E-state index is 12.9. The van der Waals surface area contributed by atoms with Crippen molar-refractivity contribution in [3.63, 3.8) is 0 Å². The van der Waals surface area contributed by atoms with Gasteiger partial charge in [0.05, 0.1) is 11.6 Å². The highest BCUT2D eigenvalue weighted by molar-refractivity contribution is 5.95. The third kappa shape index (κ3) is 5.12. The van der Waals surface area contributed by atoms with Crippen molar-refractivity contribution >= 4 is 11.4 Å². The zero-order chi connectivity index (χ0) is 19.1. The fourth-order valence-electron chi connectivity index (χ4n) is 3.49. The molecule has 3 nitrogen and oxygen atoms in total. The van der Waals surface area contributed by atoms with Crippen molar-refractivity contribution < 1.29 is 9.18 Å². The van der Waals surface area contributed by atoms with Crippen LogP contribution in [0.15, 0.2) is 60.2 Å². The second-order valence-electron chi connectivity index (χ2n) is 6.83. The largest absolute Gasteiger partial charge is 0.303 e. The van der Waals surface area contributed by atoms with E-state index in [1.807, 2.05) is 30.3 Å². The highest BCUT2D eigenvalue weighted by Crippen LogP contribution is 2.26. The Bertz CT molecular complexity index is 840. The summed E-state index contributed by atoms with van der Waals surface area (Å²) in [6.45, 7) is 2.70. The van der Waals surface area contributed by atoms with Gasteiger partial charge in [0, 0.05) is 25.1 Å². The van der Waals surface area contributed by atoms with Crippen molar-refractivity contribution in [1.82, 2.24) is 4.90 Å². The molecular formula is C23H23FN2O. The van der Waals surface area contributed by atoms with E-state index in [2.05, 4.69) is 11.0 Å². The van der Waals surface area contributed by atoms with Crippen molar-refractivity contribution in [1.29, 1.82) is 5.26 Å². The van der Waals surface area contributed by atoms with Crippen molar-refractivity contribution in [3.05, 3.63) is 77.1 Å². The number of Topliss-reactive ketones (excluding diaryl/α,β-unsaturated/α-hetero) is 1. The lowest BCUT2D eigenvalue weighted by Gasteiger charge is -2.29. The molecule has 1 aliphatic heterocycles. The van der Waals surface area contributed by atoms with E-state index in [-0.39, 0.29) is 11.6 Å². The molecule has 0 N–H and O–H groups in total. The Kier molecular flexibility index (Phi) is 6.51. The third-order valence-corrected chi connectivity index (χ3v) is 5.03. The van der Waals surface area contributed by atoms with E-state index in [0.29, 0.717) is 12.0 Å². The summed E-state index contributed by atoms with van der Waals surface area (Å²) in [6, 6.07) is 18.0. The van der Waals surface area contributed by atoms with Gasteiger partial charge in [-0.2, -0.15) is 5.26 Å². The normalized spacial score (nSPS) is 14.6. The number of carbonyl (C=O) groups is 1. The predicted octanol–water partition coefficient (Wildman–Crippen LogP) is 4.86. The van der Waals surface area contributed by atoms with Gasteiger partial charge < -0.3 is 4.90 Å². The van der Waals surface area contributed by atoms with Gasteiger partial charge in [-0.05, 0) is 61.2 Å². The number of benzene rings is 2. The molecule has 4 heteroatoms. The minimum Gasteiger partial charge on any atom is -0.303 e. The molecule has 2 aromatic rings. The molecule has 0 radical (unpaired) electrons. The van der Waals surface area contributed by atoms with Gasteiger partial charge in [0.2, 0.25) is 0 Å². The number of nitriles is 1. The maximum atomic E-state index is 12.9. The van der Waals surface area contributed by atoms with E-state index < -0.39 is 0 Å². The minimum absolute atomic E-state index is 0.0587. The Balaban J connectivity index is 1.48. The van der Waals surface area contributed by atoms with Crippen molar-refractivity contribution in [2.24, 2.45) is 0 Å². The Morgan fingerprint density at radius 3 is 2.30 bits per heavy atom. The van der Waals surface area contributed by atoms with E-state index in [4.69, 9.17) is 0 Å². The van der Waals surface area contributed by atoms with Crippen LogP contribution in [-0.2, 0) is 0 Å². The van der Waals surface area contributed by atoms with Gasteiger partial charge in [-0.3, -0.25) is 4.79 Å². The first-order valence-corrected chi connectivity index (χ1v) is 9.36. The molecular weight excluding hydrogens is 339 g/mol. The van der Waals surface area contributed by atoms with Crippen LogP contribution in [0, 0.1) is 17.1 Å². The summed E-state index contributed by atoms with van der Waals surface area (Å²) < 4.78 is 12.9. The average molecular weight is 362 g/mol. The standard InChI is InChI=1S/C23H23FN2O/c24-21-10-8-20(9-11-21)23(27)7-4-14-26-15-12-19(13-16-26)22(17-25)18-5-2-1-3-6-18/h1-3,5-6,8-11H,4,7,12-16H2.